The summed E-state index contributed by atoms with van der Waals surface area (Å²) in [7, 11) is 1.87. The number of benzene rings is 1. The quantitative estimate of drug-likeness (QED) is 0.819. The first-order chi connectivity index (χ1) is 12.9. The predicted octanol–water partition coefficient (Wildman–Crippen LogP) is 0.405. The van der Waals surface area contributed by atoms with Crippen LogP contribution in [0.25, 0.3) is 0 Å². The van der Waals surface area contributed by atoms with Gasteiger partial charge in [0.2, 0.25) is 0 Å². The third kappa shape index (κ3) is 4.03. The Morgan fingerprint density at radius 1 is 1.15 bits per heavy atom. The Kier molecular flexibility index (Phi) is 5.60. The van der Waals surface area contributed by atoms with Crippen molar-refractivity contribution in [2.75, 3.05) is 31.5 Å². The fourth-order valence-corrected chi connectivity index (χ4v) is 3.56. The fraction of sp³-hybridized carbons (Fsp3) is 0.450. The van der Waals surface area contributed by atoms with Crippen LogP contribution in [0.1, 0.15) is 28.7 Å². The summed E-state index contributed by atoms with van der Waals surface area (Å²) >= 11 is 0. The lowest BCUT2D eigenvalue weighted by atomic mass is 10.1. The number of aryl methyl sites for hydroxylation is 2. The lowest BCUT2D eigenvalue weighted by Crippen LogP contribution is -3.19. The summed E-state index contributed by atoms with van der Waals surface area (Å²) in [5.41, 5.74) is 3.28. The first-order valence-corrected chi connectivity index (χ1v) is 9.38. The van der Waals surface area contributed by atoms with Crippen LogP contribution >= 0.6 is 0 Å². The molecule has 1 saturated heterocycles. The summed E-state index contributed by atoms with van der Waals surface area (Å²) < 4.78 is 1.77. The molecule has 0 spiro atoms. The molecule has 7 nitrogen and oxygen atoms in total. The van der Waals surface area contributed by atoms with Crippen LogP contribution in [0.5, 0.6) is 0 Å². The molecule has 1 aromatic heterocycles. The molecule has 1 aromatic carbocycles. The highest BCUT2D eigenvalue weighted by atomic mass is 16.2. The van der Waals surface area contributed by atoms with E-state index in [1.807, 2.05) is 63.1 Å². The Morgan fingerprint density at radius 3 is 2.33 bits per heavy atom. The van der Waals surface area contributed by atoms with Gasteiger partial charge in [-0.3, -0.25) is 14.3 Å². The standard InChI is InChI=1S/C20H27N5O2/c1-14-18(15(2)23(4)22-14)21-19(26)16(3)24-10-12-25(13-11-24)20(27)17-8-6-5-7-9-17/h5-9,16H,10-13H2,1-4H3,(H,21,26)/p+1/t16-/m1/s1. The third-order valence-electron chi connectivity index (χ3n) is 5.48. The molecular formula is C20H28N5O2+. The van der Waals surface area contributed by atoms with Crippen molar-refractivity contribution in [3.8, 4) is 0 Å². The molecular weight excluding hydrogens is 342 g/mol. The maximum atomic E-state index is 12.7. The van der Waals surface area contributed by atoms with E-state index in [1.165, 1.54) is 4.90 Å². The van der Waals surface area contributed by atoms with Crippen molar-refractivity contribution >= 4 is 17.5 Å². The second-order valence-corrected chi connectivity index (χ2v) is 7.20. The van der Waals surface area contributed by atoms with Gasteiger partial charge in [0, 0.05) is 12.6 Å². The van der Waals surface area contributed by atoms with Crippen LogP contribution in [0.2, 0.25) is 0 Å². The number of piperazine rings is 1. The van der Waals surface area contributed by atoms with Gasteiger partial charge >= 0.3 is 0 Å². The van der Waals surface area contributed by atoms with Crippen LogP contribution in [-0.4, -0.2) is 58.7 Å². The number of hydrogen-bond donors (Lipinski definition) is 2. The Bertz CT molecular complexity index is 822. The summed E-state index contributed by atoms with van der Waals surface area (Å²) in [6.45, 7) is 8.63. The number of carbonyl (C=O) groups is 2. The Labute approximate surface area is 159 Å². The largest absolute Gasteiger partial charge is 0.327 e. The lowest BCUT2D eigenvalue weighted by Gasteiger charge is -2.34. The van der Waals surface area contributed by atoms with E-state index in [-0.39, 0.29) is 17.9 Å². The molecule has 2 amide bonds. The van der Waals surface area contributed by atoms with Crippen LogP contribution in [0.3, 0.4) is 0 Å². The molecule has 0 bridgehead atoms. The van der Waals surface area contributed by atoms with Gasteiger partial charge in [-0.15, -0.1) is 0 Å². The highest BCUT2D eigenvalue weighted by Gasteiger charge is 2.31. The second kappa shape index (κ2) is 7.92. The monoisotopic (exact) mass is 370 g/mol. The van der Waals surface area contributed by atoms with Crippen molar-refractivity contribution in [1.29, 1.82) is 0 Å². The number of nitrogens with zero attached hydrogens (tertiary/aromatic N) is 3. The van der Waals surface area contributed by atoms with Crippen LogP contribution in [0, 0.1) is 13.8 Å². The molecule has 0 radical (unpaired) electrons. The van der Waals surface area contributed by atoms with Gasteiger partial charge in [-0.05, 0) is 32.9 Å². The van der Waals surface area contributed by atoms with E-state index in [0.717, 1.165) is 30.2 Å². The molecule has 144 valence electrons. The Morgan fingerprint density at radius 2 is 1.78 bits per heavy atom. The van der Waals surface area contributed by atoms with Gasteiger partial charge in [0.15, 0.2) is 6.04 Å². The summed E-state index contributed by atoms with van der Waals surface area (Å²) in [5, 5.41) is 7.38. The van der Waals surface area contributed by atoms with E-state index in [4.69, 9.17) is 0 Å². The molecule has 3 rings (SSSR count). The maximum absolute atomic E-state index is 12.7. The van der Waals surface area contributed by atoms with Crippen molar-refractivity contribution in [2.24, 2.45) is 7.05 Å². The molecule has 7 heteroatoms. The van der Waals surface area contributed by atoms with Crippen molar-refractivity contribution in [1.82, 2.24) is 14.7 Å². The zero-order chi connectivity index (χ0) is 19.6. The van der Waals surface area contributed by atoms with E-state index in [1.54, 1.807) is 4.68 Å². The first-order valence-electron chi connectivity index (χ1n) is 9.38. The summed E-state index contributed by atoms with van der Waals surface area (Å²) in [6, 6.07) is 9.17. The number of rotatable bonds is 4. The summed E-state index contributed by atoms with van der Waals surface area (Å²) in [6.07, 6.45) is 0. The molecule has 0 unspecified atom stereocenters. The van der Waals surface area contributed by atoms with E-state index in [9.17, 15) is 9.59 Å². The van der Waals surface area contributed by atoms with Crippen molar-refractivity contribution in [3.63, 3.8) is 0 Å². The number of anilines is 1. The van der Waals surface area contributed by atoms with Crippen LogP contribution in [0.4, 0.5) is 5.69 Å². The van der Waals surface area contributed by atoms with E-state index < -0.39 is 0 Å². The van der Waals surface area contributed by atoms with Gasteiger partial charge < -0.3 is 15.1 Å². The molecule has 2 aromatic rings. The van der Waals surface area contributed by atoms with Gasteiger partial charge in [-0.2, -0.15) is 5.10 Å². The molecule has 2 N–H and O–H groups in total. The third-order valence-corrected chi connectivity index (χ3v) is 5.48. The molecule has 0 aliphatic carbocycles. The summed E-state index contributed by atoms with van der Waals surface area (Å²) in [5.74, 6) is 0.0559. The van der Waals surface area contributed by atoms with Crippen LogP contribution in [0.15, 0.2) is 30.3 Å². The molecule has 1 aliphatic heterocycles. The average Bonchev–Trinajstić information content (AvgIpc) is 2.93. The van der Waals surface area contributed by atoms with Crippen molar-refractivity contribution < 1.29 is 14.5 Å². The lowest BCUT2D eigenvalue weighted by molar-refractivity contribution is -0.917. The fourth-order valence-electron chi connectivity index (χ4n) is 3.56. The minimum absolute atomic E-state index is 0.00737. The van der Waals surface area contributed by atoms with Crippen LogP contribution in [-0.2, 0) is 11.8 Å². The van der Waals surface area contributed by atoms with Gasteiger partial charge in [-0.25, -0.2) is 0 Å². The minimum Gasteiger partial charge on any atom is -0.327 e. The maximum Gasteiger partial charge on any atom is 0.282 e. The smallest absolute Gasteiger partial charge is 0.282 e. The highest BCUT2D eigenvalue weighted by molar-refractivity contribution is 5.95. The van der Waals surface area contributed by atoms with Crippen molar-refractivity contribution in [3.05, 3.63) is 47.3 Å². The Balaban J connectivity index is 1.57. The van der Waals surface area contributed by atoms with E-state index in [0.29, 0.717) is 18.7 Å². The van der Waals surface area contributed by atoms with Gasteiger partial charge in [0.25, 0.3) is 11.8 Å². The SMILES string of the molecule is Cc1nn(C)c(C)c1NC(=O)[C@@H](C)[NH+]1CCN(C(=O)c2ccccc2)CC1. The molecule has 1 aliphatic rings. The number of nitrogens with one attached hydrogen (secondary N) is 2. The zero-order valence-corrected chi connectivity index (χ0v) is 16.5. The topological polar surface area (TPSA) is 71.7 Å². The molecule has 1 atom stereocenters. The first kappa shape index (κ1) is 19.1. The summed E-state index contributed by atoms with van der Waals surface area (Å²) in [4.78, 5) is 28.3. The molecule has 0 saturated carbocycles. The number of aromatic nitrogens is 2. The van der Waals surface area contributed by atoms with Crippen molar-refractivity contribution in [2.45, 2.75) is 26.8 Å². The van der Waals surface area contributed by atoms with Gasteiger partial charge in [0.05, 0.1) is 43.3 Å². The number of carbonyl (C=O) groups excluding carboxylic acids is 2. The predicted molar refractivity (Wildman–Crippen MR) is 104 cm³/mol. The van der Waals surface area contributed by atoms with Crippen LogP contribution < -0.4 is 10.2 Å². The second-order valence-electron chi connectivity index (χ2n) is 7.20. The van der Waals surface area contributed by atoms with Gasteiger partial charge in [0.1, 0.15) is 0 Å². The highest BCUT2D eigenvalue weighted by Crippen LogP contribution is 2.18. The van der Waals surface area contributed by atoms with E-state index >= 15 is 0 Å². The minimum atomic E-state index is -0.182. The van der Waals surface area contributed by atoms with Gasteiger partial charge in [-0.1, -0.05) is 18.2 Å². The van der Waals surface area contributed by atoms with E-state index in [2.05, 4.69) is 10.4 Å². The average molecular weight is 370 g/mol. The number of amides is 2. The molecule has 27 heavy (non-hydrogen) atoms. The zero-order valence-electron chi connectivity index (χ0n) is 16.5. The Hall–Kier alpha value is -2.67. The number of hydrogen-bond acceptors (Lipinski definition) is 3. The normalized spacial score (nSPS) is 16.2. The molecule has 1 fully saturated rings. The number of quaternary nitrogens is 1. The molecule has 2 heterocycles.